The van der Waals surface area contributed by atoms with Gasteiger partial charge in [-0.25, -0.2) is 4.98 Å². The average molecular weight is 219 g/mol. The van der Waals surface area contributed by atoms with Crippen LogP contribution < -0.4 is 11.1 Å². The molecule has 0 radical (unpaired) electrons. The predicted octanol–water partition coefficient (Wildman–Crippen LogP) is 1.98. The number of amides is 1. The molecule has 0 aliphatic carbocycles. The molecule has 2 rings (SSSR count). The number of rotatable bonds is 2. The number of carbonyl (C=O) groups excluding carboxylic acids is 1. The second-order valence-electron chi connectivity index (χ2n) is 2.91. The molecule has 0 fully saturated rings. The lowest BCUT2D eigenvalue weighted by Gasteiger charge is -2.02. The van der Waals surface area contributed by atoms with Crippen LogP contribution in [-0.4, -0.2) is 10.9 Å². The van der Waals surface area contributed by atoms with Gasteiger partial charge in [-0.05, 0) is 23.6 Å². The van der Waals surface area contributed by atoms with Crippen molar-refractivity contribution in [2.24, 2.45) is 0 Å². The van der Waals surface area contributed by atoms with E-state index in [0.717, 1.165) is 0 Å². The van der Waals surface area contributed by atoms with Crippen LogP contribution in [0.15, 0.2) is 35.8 Å². The van der Waals surface area contributed by atoms with E-state index in [-0.39, 0.29) is 5.91 Å². The van der Waals surface area contributed by atoms with Crippen molar-refractivity contribution in [3.8, 4) is 0 Å². The molecule has 0 aromatic carbocycles. The number of carbonyl (C=O) groups is 1. The van der Waals surface area contributed by atoms with Gasteiger partial charge in [0.2, 0.25) is 0 Å². The number of nitrogens with two attached hydrogens (primary N) is 1. The van der Waals surface area contributed by atoms with E-state index >= 15 is 0 Å². The normalized spacial score (nSPS) is 9.87. The quantitative estimate of drug-likeness (QED) is 0.811. The van der Waals surface area contributed by atoms with Gasteiger partial charge in [0.05, 0.1) is 16.8 Å². The number of nitrogens with one attached hydrogen (secondary N) is 1. The van der Waals surface area contributed by atoms with Gasteiger partial charge >= 0.3 is 0 Å². The van der Waals surface area contributed by atoms with Gasteiger partial charge in [-0.3, -0.25) is 4.79 Å². The molecular formula is C10H9N3OS. The lowest BCUT2D eigenvalue weighted by Crippen LogP contribution is -2.11. The number of nitrogens with zero attached hydrogens (tertiary/aromatic N) is 1. The van der Waals surface area contributed by atoms with Crippen LogP contribution in [-0.2, 0) is 0 Å². The van der Waals surface area contributed by atoms with Gasteiger partial charge < -0.3 is 11.1 Å². The minimum Gasteiger partial charge on any atom is -0.397 e. The van der Waals surface area contributed by atoms with Crippen LogP contribution in [0.1, 0.15) is 9.67 Å². The van der Waals surface area contributed by atoms with E-state index in [4.69, 9.17) is 5.73 Å². The summed E-state index contributed by atoms with van der Waals surface area (Å²) in [6.45, 7) is 0. The topological polar surface area (TPSA) is 68.0 Å². The molecule has 0 unspecified atom stereocenters. The Kier molecular flexibility index (Phi) is 2.64. The van der Waals surface area contributed by atoms with Crippen molar-refractivity contribution in [2.45, 2.75) is 0 Å². The van der Waals surface area contributed by atoms with Crippen LogP contribution in [0.25, 0.3) is 0 Å². The summed E-state index contributed by atoms with van der Waals surface area (Å²) in [6.07, 6.45) is 1.50. The van der Waals surface area contributed by atoms with Crippen molar-refractivity contribution >= 4 is 28.7 Å². The number of hydrogen-bond donors (Lipinski definition) is 2. The third kappa shape index (κ3) is 2.32. The third-order valence-electron chi connectivity index (χ3n) is 1.77. The van der Waals surface area contributed by atoms with Crippen molar-refractivity contribution in [1.29, 1.82) is 0 Å². The zero-order chi connectivity index (χ0) is 10.7. The Morgan fingerprint density at radius 1 is 1.40 bits per heavy atom. The monoisotopic (exact) mass is 219 g/mol. The largest absolute Gasteiger partial charge is 0.397 e. The Labute approximate surface area is 90.8 Å². The second kappa shape index (κ2) is 4.10. The summed E-state index contributed by atoms with van der Waals surface area (Å²) < 4.78 is 0. The van der Waals surface area contributed by atoms with E-state index in [2.05, 4.69) is 10.3 Å². The van der Waals surface area contributed by atoms with E-state index < -0.39 is 0 Å². The summed E-state index contributed by atoms with van der Waals surface area (Å²) in [5.74, 6) is 0.352. The number of pyridine rings is 1. The molecule has 2 aromatic rings. The van der Waals surface area contributed by atoms with Crippen molar-refractivity contribution < 1.29 is 4.79 Å². The Morgan fingerprint density at radius 2 is 2.27 bits per heavy atom. The third-order valence-corrected chi connectivity index (χ3v) is 2.64. The summed E-state index contributed by atoms with van der Waals surface area (Å²) in [4.78, 5) is 16.2. The molecule has 15 heavy (non-hydrogen) atoms. The highest BCUT2D eigenvalue weighted by Crippen LogP contribution is 2.12. The highest BCUT2D eigenvalue weighted by molar-refractivity contribution is 7.12. The molecule has 0 aliphatic heterocycles. The van der Waals surface area contributed by atoms with Gasteiger partial charge in [-0.15, -0.1) is 11.3 Å². The van der Waals surface area contributed by atoms with Crippen molar-refractivity contribution in [3.05, 3.63) is 40.7 Å². The molecule has 1 amide bonds. The summed E-state index contributed by atoms with van der Waals surface area (Å²) in [5, 5.41) is 4.53. The van der Waals surface area contributed by atoms with Gasteiger partial charge in [-0.2, -0.15) is 0 Å². The van der Waals surface area contributed by atoms with Gasteiger partial charge in [-0.1, -0.05) is 6.07 Å². The fourth-order valence-corrected chi connectivity index (χ4v) is 1.68. The van der Waals surface area contributed by atoms with Crippen LogP contribution in [0.5, 0.6) is 0 Å². The number of anilines is 2. The number of nitrogen functional groups attached to an aromatic ring is 1. The first-order chi connectivity index (χ1) is 7.25. The molecule has 4 nitrogen and oxygen atoms in total. The van der Waals surface area contributed by atoms with Crippen LogP contribution >= 0.6 is 11.3 Å². The highest BCUT2D eigenvalue weighted by Gasteiger charge is 2.06. The van der Waals surface area contributed by atoms with Crippen molar-refractivity contribution in [3.63, 3.8) is 0 Å². The Bertz CT molecular complexity index is 450. The Balaban J connectivity index is 2.09. The predicted molar refractivity (Wildman–Crippen MR) is 60.9 cm³/mol. The molecule has 2 aromatic heterocycles. The molecule has 0 spiro atoms. The molecule has 3 N–H and O–H groups in total. The zero-order valence-electron chi connectivity index (χ0n) is 7.81. The number of thiophene rings is 1. The lowest BCUT2D eigenvalue weighted by atomic mass is 10.4. The first-order valence-electron chi connectivity index (χ1n) is 4.32. The van der Waals surface area contributed by atoms with Gasteiger partial charge in [0.25, 0.3) is 5.91 Å². The van der Waals surface area contributed by atoms with Gasteiger partial charge in [0.1, 0.15) is 5.82 Å². The van der Waals surface area contributed by atoms with E-state index in [1.807, 2.05) is 11.4 Å². The second-order valence-corrected chi connectivity index (χ2v) is 3.86. The highest BCUT2D eigenvalue weighted by atomic mass is 32.1. The Morgan fingerprint density at radius 3 is 2.87 bits per heavy atom. The Hall–Kier alpha value is -1.88. The van der Waals surface area contributed by atoms with E-state index in [9.17, 15) is 4.79 Å². The van der Waals surface area contributed by atoms with Gasteiger partial charge in [0.15, 0.2) is 0 Å². The maximum Gasteiger partial charge on any atom is 0.266 e. The molecule has 0 saturated heterocycles. The maximum atomic E-state index is 11.6. The van der Waals surface area contributed by atoms with Gasteiger partial charge in [0, 0.05) is 0 Å². The lowest BCUT2D eigenvalue weighted by molar-refractivity contribution is 0.103. The molecule has 5 heteroatoms. The summed E-state index contributed by atoms with van der Waals surface area (Å²) in [7, 11) is 0. The van der Waals surface area contributed by atoms with Crippen LogP contribution in [0.3, 0.4) is 0 Å². The minimum absolute atomic E-state index is 0.151. The molecule has 0 bridgehead atoms. The molecule has 0 atom stereocenters. The molecule has 76 valence electrons. The molecular weight excluding hydrogens is 210 g/mol. The average Bonchev–Trinajstić information content (AvgIpc) is 2.74. The SMILES string of the molecule is Nc1ccc(NC(=O)c2cccs2)nc1. The first kappa shape index (κ1) is 9.67. The van der Waals surface area contributed by atoms with E-state index in [0.29, 0.717) is 16.4 Å². The van der Waals surface area contributed by atoms with E-state index in [1.165, 1.54) is 17.5 Å². The summed E-state index contributed by atoms with van der Waals surface area (Å²) >= 11 is 1.39. The van der Waals surface area contributed by atoms with Crippen LogP contribution in [0, 0.1) is 0 Å². The molecule has 2 heterocycles. The summed E-state index contributed by atoms with van der Waals surface area (Å²) in [6, 6.07) is 6.95. The van der Waals surface area contributed by atoms with Crippen LogP contribution in [0.4, 0.5) is 11.5 Å². The maximum absolute atomic E-state index is 11.6. The molecule has 0 aliphatic rings. The number of hydrogen-bond acceptors (Lipinski definition) is 4. The van der Waals surface area contributed by atoms with E-state index in [1.54, 1.807) is 18.2 Å². The van der Waals surface area contributed by atoms with Crippen molar-refractivity contribution in [2.75, 3.05) is 11.1 Å². The first-order valence-corrected chi connectivity index (χ1v) is 5.20. The fourth-order valence-electron chi connectivity index (χ4n) is 1.06. The zero-order valence-corrected chi connectivity index (χ0v) is 8.62. The number of aromatic nitrogens is 1. The summed E-state index contributed by atoms with van der Waals surface area (Å²) in [5.41, 5.74) is 6.05. The standard InChI is InChI=1S/C10H9N3OS/c11-7-3-4-9(12-6-7)13-10(14)8-2-1-5-15-8/h1-6H,11H2,(H,12,13,14). The van der Waals surface area contributed by atoms with Crippen molar-refractivity contribution in [1.82, 2.24) is 4.98 Å². The smallest absolute Gasteiger partial charge is 0.266 e. The van der Waals surface area contributed by atoms with Crippen LogP contribution in [0.2, 0.25) is 0 Å². The fraction of sp³-hybridized carbons (Fsp3) is 0. The minimum atomic E-state index is -0.151. The molecule has 0 saturated carbocycles.